The largest absolute Gasteiger partial charge is 0.494 e. The number of carbonyl (C=O) groups is 1. The fraction of sp³-hybridized carbons (Fsp3) is 0.368. The number of hydrogen-bond acceptors (Lipinski definition) is 6. The monoisotopic (exact) mass is 407 g/mol. The Morgan fingerprint density at radius 1 is 1.21 bits per heavy atom. The van der Waals surface area contributed by atoms with Crippen LogP contribution >= 0.6 is 0 Å². The van der Waals surface area contributed by atoms with Gasteiger partial charge >= 0.3 is 5.97 Å². The van der Waals surface area contributed by atoms with Gasteiger partial charge in [-0.2, -0.15) is 0 Å². The minimum atomic E-state index is -3.81. The molecule has 1 atom stereocenters. The van der Waals surface area contributed by atoms with Crippen LogP contribution < -0.4 is 14.8 Å². The molecule has 1 aromatic heterocycles. The van der Waals surface area contributed by atoms with Gasteiger partial charge in [-0.25, -0.2) is 18.1 Å². The summed E-state index contributed by atoms with van der Waals surface area (Å²) in [5, 5.41) is 12.0. The van der Waals surface area contributed by atoms with E-state index in [2.05, 4.69) is 15.0 Å². The maximum atomic E-state index is 12.4. The van der Waals surface area contributed by atoms with Gasteiger partial charge in [0.05, 0.1) is 17.9 Å². The summed E-state index contributed by atoms with van der Waals surface area (Å²) in [5.41, 5.74) is 0. The molecule has 3 N–H and O–H groups in total. The van der Waals surface area contributed by atoms with E-state index in [0.29, 0.717) is 12.4 Å². The fourth-order valence-corrected chi connectivity index (χ4v) is 3.75. The Bertz CT molecular complexity index is 859. The van der Waals surface area contributed by atoms with Crippen LogP contribution in [0.15, 0.2) is 53.6 Å². The SMILES string of the molecule is CC(CC(=O)O)NS(=O)(=O)c1cccc(OCCCCNc2ccccn2)c1. The van der Waals surface area contributed by atoms with Gasteiger partial charge in [0.2, 0.25) is 10.0 Å². The number of unbranched alkanes of at least 4 members (excludes halogenated alkanes) is 1. The zero-order valence-electron chi connectivity index (χ0n) is 15.7. The summed E-state index contributed by atoms with van der Waals surface area (Å²) in [6, 6.07) is 11.1. The molecule has 0 bridgehead atoms. The molecule has 1 aromatic carbocycles. The molecule has 0 saturated carbocycles. The van der Waals surface area contributed by atoms with Crippen molar-refractivity contribution < 1.29 is 23.1 Å². The molecule has 0 radical (unpaired) electrons. The summed E-state index contributed by atoms with van der Waals surface area (Å²) in [6.45, 7) is 2.72. The van der Waals surface area contributed by atoms with E-state index >= 15 is 0 Å². The molecule has 1 heterocycles. The smallest absolute Gasteiger partial charge is 0.304 e. The maximum Gasteiger partial charge on any atom is 0.304 e. The topological polar surface area (TPSA) is 118 Å². The van der Waals surface area contributed by atoms with Crippen molar-refractivity contribution in [2.45, 2.75) is 37.1 Å². The Morgan fingerprint density at radius 2 is 2.04 bits per heavy atom. The molecule has 9 heteroatoms. The number of aromatic nitrogens is 1. The fourth-order valence-electron chi connectivity index (χ4n) is 2.47. The van der Waals surface area contributed by atoms with Crippen LogP contribution in [0.1, 0.15) is 26.2 Å². The Hall–Kier alpha value is -2.65. The van der Waals surface area contributed by atoms with E-state index in [1.165, 1.54) is 19.1 Å². The number of hydrogen-bond donors (Lipinski definition) is 3. The van der Waals surface area contributed by atoms with Gasteiger partial charge in [0.25, 0.3) is 0 Å². The summed E-state index contributed by atoms with van der Waals surface area (Å²) in [7, 11) is -3.81. The van der Waals surface area contributed by atoms with Crippen molar-refractivity contribution in [3.05, 3.63) is 48.7 Å². The van der Waals surface area contributed by atoms with Gasteiger partial charge in [-0.1, -0.05) is 12.1 Å². The predicted molar refractivity (Wildman–Crippen MR) is 106 cm³/mol. The van der Waals surface area contributed by atoms with Crippen LogP contribution in [0.3, 0.4) is 0 Å². The zero-order chi connectivity index (χ0) is 20.4. The number of nitrogens with one attached hydrogen (secondary N) is 2. The number of carboxylic acids is 1. The molecule has 0 saturated heterocycles. The van der Waals surface area contributed by atoms with E-state index in [1.807, 2.05) is 18.2 Å². The number of pyridine rings is 1. The summed E-state index contributed by atoms with van der Waals surface area (Å²) in [6.07, 6.45) is 3.11. The normalized spacial score (nSPS) is 12.3. The Morgan fingerprint density at radius 3 is 2.75 bits per heavy atom. The van der Waals surface area contributed by atoms with Crippen molar-refractivity contribution in [2.24, 2.45) is 0 Å². The highest BCUT2D eigenvalue weighted by Crippen LogP contribution is 2.18. The quantitative estimate of drug-likeness (QED) is 0.463. The van der Waals surface area contributed by atoms with E-state index in [4.69, 9.17) is 9.84 Å². The number of rotatable bonds is 12. The first-order chi connectivity index (χ1) is 13.4. The van der Waals surface area contributed by atoms with E-state index in [-0.39, 0.29) is 11.3 Å². The van der Waals surface area contributed by atoms with Crippen molar-refractivity contribution >= 4 is 21.8 Å². The molecule has 2 aromatic rings. The highest BCUT2D eigenvalue weighted by atomic mass is 32.2. The van der Waals surface area contributed by atoms with Gasteiger partial charge in [-0.3, -0.25) is 4.79 Å². The van der Waals surface area contributed by atoms with Crippen LogP contribution in [0.4, 0.5) is 5.82 Å². The van der Waals surface area contributed by atoms with Crippen molar-refractivity contribution in [1.82, 2.24) is 9.71 Å². The molecular formula is C19H25N3O5S. The van der Waals surface area contributed by atoms with Crippen molar-refractivity contribution in [2.75, 3.05) is 18.5 Å². The van der Waals surface area contributed by atoms with Gasteiger partial charge < -0.3 is 15.2 Å². The lowest BCUT2D eigenvalue weighted by atomic mass is 10.3. The standard InChI is InChI=1S/C19H25N3O5S/c1-15(13-19(23)24)22-28(25,26)17-8-6-7-16(14-17)27-12-5-4-11-21-18-9-2-3-10-20-18/h2-3,6-10,14-15,22H,4-5,11-13H2,1H3,(H,20,21)(H,23,24). The summed E-state index contributed by atoms with van der Waals surface area (Å²) >= 11 is 0. The molecule has 0 aliphatic rings. The number of nitrogens with zero attached hydrogens (tertiary/aromatic N) is 1. The van der Waals surface area contributed by atoms with E-state index < -0.39 is 22.0 Å². The lowest BCUT2D eigenvalue weighted by molar-refractivity contribution is -0.137. The van der Waals surface area contributed by atoms with Crippen molar-refractivity contribution in [3.63, 3.8) is 0 Å². The number of sulfonamides is 1. The first kappa shape index (κ1) is 21.6. The molecular weight excluding hydrogens is 382 g/mol. The molecule has 0 amide bonds. The van der Waals surface area contributed by atoms with Crippen LogP contribution in [0, 0.1) is 0 Å². The van der Waals surface area contributed by atoms with E-state index in [1.54, 1.807) is 18.3 Å². The number of ether oxygens (including phenoxy) is 1. The van der Waals surface area contributed by atoms with Gasteiger partial charge in [0.15, 0.2) is 0 Å². The lowest BCUT2D eigenvalue weighted by Gasteiger charge is -2.13. The average Bonchev–Trinajstić information content (AvgIpc) is 2.64. The lowest BCUT2D eigenvalue weighted by Crippen LogP contribution is -2.34. The van der Waals surface area contributed by atoms with E-state index in [9.17, 15) is 13.2 Å². The first-order valence-corrected chi connectivity index (χ1v) is 10.5. The molecule has 152 valence electrons. The third kappa shape index (κ3) is 7.53. The second kappa shape index (κ2) is 10.6. The van der Waals surface area contributed by atoms with Crippen LogP contribution in [0.5, 0.6) is 5.75 Å². The average molecular weight is 407 g/mol. The molecule has 0 spiro atoms. The Kier molecular flexibility index (Phi) is 8.21. The maximum absolute atomic E-state index is 12.4. The third-order valence-electron chi connectivity index (χ3n) is 3.76. The number of aliphatic carboxylic acids is 1. The van der Waals surface area contributed by atoms with Gasteiger partial charge in [0, 0.05) is 24.8 Å². The van der Waals surface area contributed by atoms with Crippen molar-refractivity contribution in [1.29, 1.82) is 0 Å². The molecule has 28 heavy (non-hydrogen) atoms. The van der Waals surface area contributed by atoms with Gasteiger partial charge in [0.1, 0.15) is 11.6 Å². The second-order valence-electron chi connectivity index (χ2n) is 6.29. The molecule has 2 rings (SSSR count). The van der Waals surface area contributed by atoms with Gasteiger partial charge in [-0.15, -0.1) is 0 Å². The van der Waals surface area contributed by atoms with Crippen LogP contribution in [0.2, 0.25) is 0 Å². The molecule has 0 aliphatic heterocycles. The number of anilines is 1. The second-order valence-corrected chi connectivity index (χ2v) is 8.01. The minimum absolute atomic E-state index is 0.0408. The molecule has 1 unspecified atom stereocenters. The van der Waals surface area contributed by atoms with Crippen molar-refractivity contribution in [3.8, 4) is 5.75 Å². The first-order valence-electron chi connectivity index (χ1n) is 8.99. The van der Waals surface area contributed by atoms with Gasteiger partial charge in [-0.05, 0) is 44.0 Å². The van der Waals surface area contributed by atoms with Crippen LogP contribution in [-0.2, 0) is 14.8 Å². The highest BCUT2D eigenvalue weighted by Gasteiger charge is 2.19. The summed E-state index contributed by atoms with van der Waals surface area (Å²) in [4.78, 5) is 14.9. The van der Waals surface area contributed by atoms with E-state index in [0.717, 1.165) is 25.2 Å². The molecule has 8 nitrogen and oxygen atoms in total. The molecule has 0 fully saturated rings. The minimum Gasteiger partial charge on any atom is -0.494 e. The zero-order valence-corrected chi connectivity index (χ0v) is 16.5. The Balaban J connectivity index is 1.78. The number of carboxylic acid groups (broad SMARTS) is 1. The third-order valence-corrected chi connectivity index (χ3v) is 5.35. The highest BCUT2D eigenvalue weighted by molar-refractivity contribution is 7.89. The Labute approximate surface area is 165 Å². The summed E-state index contributed by atoms with van der Waals surface area (Å²) < 4.78 is 32.7. The number of benzene rings is 1. The predicted octanol–water partition coefficient (Wildman–Crippen LogP) is 2.49. The molecule has 0 aliphatic carbocycles. The van der Waals surface area contributed by atoms with Crippen LogP contribution in [0.25, 0.3) is 0 Å². The summed E-state index contributed by atoms with van der Waals surface area (Å²) in [5.74, 6) is 0.210. The van der Waals surface area contributed by atoms with Crippen LogP contribution in [-0.4, -0.2) is 43.7 Å².